The summed E-state index contributed by atoms with van der Waals surface area (Å²) in [6.45, 7) is 10.5. The number of anilines is 1. The minimum Gasteiger partial charge on any atom is -0.493 e. The molecule has 0 bridgehead atoms. The van der Waals surface area contributed by atoms with E-state index in [2.05, 4.69) is 41.5 Å². The lowest BCUT2D eigenvalue weighted by atomic mass is 10.2. The van der Waals surface area contributed by atoms with Crippen molar-refractivity contribution >= 4 is 34.5 Å². The molecular formula is C22H30N6O2S. The number of aromatic nitrogens is 4. The van der Waals surface area contributed by atoms with Gasteiger partial charge in [0.15, 0.2) is 10.8 Å². The van der Waals surface area contributed by atoms with E-state index < -0.39 is 0 Å². The third kappa shape index (κ3) is 5.88. The van der Waals surface area contributed by atoms with Crippen molar-refractivity contribution in [2.45, 2.75) is 51.1 Å². The van der Waals surface area contributed by atoms with E-state index in [1.54, 1.807) is 30.1 Å². The predicted octanol–water partition coefficient (Wildman–Crippen LogP) is 3.98. The zero-order valence-corrected chi connectivity index (χ0v) is 19.3. The number of rotatable bonds is 11. The maximum absolute atomic E-state index is 12.6. The van der Waals surface area contributed by atoms with Crippen molar-refractivity contribution in [1.82, 2.24) is 25.1 Å². The lowest BCUT2D eigenvalue weighted by Crippen LogP contribution is -2.28. The van der Waals surface area contributed by atoms with E-state index in [9.17, 15) is 4.79 Å². The van der Waals surface area contributed by atoms with Crippen LogP contribution in [0, 0.1) is 0 Å². The summed E-state index contributed by atoms with van der Waals surface area (Å²) in [7, 11) is 0. The first-order chi connectivity index (χ1) is 15.0. The molecule has 0 saturated carbocycles. The first kappa shape index (κ1) is 22.9. The normalized spacial score (nSPS) is 11.1. The highest BCUT2D eigenvalue weighted by molar-refractivity contribution is 7.99. The van der Waals surface area contributed by atoms with Crippen LogP contribution in [-0.2, 0) is 6.54 Å². The molecular weight excluding hydrogens is 412 g/mol. The monoisotopic (exact) mass is 442 g/mol. The Labute approximate surface area is 187 Å². The number of hydrogen-bond acceptors (Lipinski definition) is 7. The van der Waals surface area contributed by atoms with Crippen molar-refractivity contribution in [3.8, 4) is 5.75 Å². The number of fused-ring (bicyclic) bond motifs is 1. The molecule has 31 heavy (non-hydrogen) atoms. The molecule has 0 unspecified atom stereocenters. The Morgan fingerprint density at radius 1 is 1.19 bits per heavy atom. The van der Waals surface area contributed by atoms with Gasteiger partial charge in [-0.3, -0.25) is 4.79 Å². The first-order valence-electron chi connectivity index (χ1n) is 10.7. The summed E-state index contributed by atoms with van der Waals surface area (Å²) in [5, 5.41) is 12.8. The molecule has 166 valence electrons. The lowest BCUT2D eigenvalue weighted by molar-refractivity contribution is 0.0948. The van der Waals surface area contributed by atoms with Crippen LogP contribution in [0.5, 0.6) is 5.75 Å². The minimum absolute atomic E-state index is 0.170. The average molecular weight is 443 g/mol. The molecule has 0 radical (unpaired) electrons. The van der Waals surface area contributed by atoms with E-state index in [1.165, 1.54) is 0 Å². The van der Waals surface area contributed by atoms with Gasteiger partial charge in [0.05, 0.1) is 30.3 Å². The van der Waals surface area contributed by atoms with Crippen LogP contribution in [0.3, 0.4) is 0 Å². The van der Waals surface area contributed by atoms with Crippen LogP contribution in [0.1, 0.15) is 44.5 Å². The van der Waals surface area contributed by atoms with Crippen LogP contribution in [-0.4, -0.2) is 50.6 Å². The number of carbonyl (C=O) groups is 1. The molecule has 0 saturated heterocycles. The van der Waals surface area contributed by atoms with E-state index >= 15 is 0 Å². The van der Waals surface area contributed by atoms with E-state index in [4.69, 9.17) is 9.72 Å². The molecule has 2 N–H and O–H groups in total. The van der Waals surface area contributed by atoms with Gasteiger partial charge in [-0.2, -0.15) is 5.10 Å². The van der Waals surface area contributed by atoms with Crippen molar-refractivity contribution < 1.29 is 9.53 Å². The highest BCUT2D eigenvalue weighted by Crippen LogP contribution is 2.26. The third-order valence-corrected chi connectivity index (χ3v) is 5.26. The summed E-state index contributed by atoms with van der Waals surface area (Å²) in [6.07, 6.45) is 2.78. The lowest BCUT2D eigenvalue weighted by Gasteiger charge is -2.11. The summed E-state index contributed by atoms with van der Waals surface area (Å²) in [6, 6.07) is 7.25. The Morgan fingerprint density at radius 3 is 2.74 bits per heavy atom. The van der Waals surface area contributed by atoms with E-state index in [-0.39, 0.29) is 5.91 Å². The Kier molecular flexibility index (Phi) is 8.11. The van der Waals surface area contributed by atoms with Crippen LogP contribution in [0.15, 0.2) is 35.6 Å². The second-order valence-corrected chi connectivity index (χ2v) is 8.78. The van der Waals surface area contributed by atoms with Gasteiger partial charge < -0.3 is 15.4 Å². The van der Waals surface area contributed by atoms with E-state index in [1.807, 2.05) is 23.7 Å². The predicted molar refractivity (Wildman–Crippen MR) is 125 cm³/mol. The summed E-state index contributed by atoms with van der Waals surface area (Å²) < 4.78 is 7.37. The van der Waals surface area contributed by atoms with Crippen molar-refractivity contribution in [2.24, 2.45) is 0 Å². The van der Waals surface area contributed by atoms with Gasteiger partial charge >= 0.3 is 0 Å². The number of thioether (sulfide) groups is 1. The molecule has 1 aromatic carbocycles. The van der Waals surface area contributed by atoms with Crippen LogP contribution in [0.4, 0.5) is 5.82 Å². The molecule has 8 nitrogen and oxygen atoms in total. The van der Waals surface area contributed by atoms with Crippen LogP contribution < -0.4 is 15.4 Å². The standard InChI is InChI=1S/C22H30N6O2S/c1-5-11-23-19-17-14-25-28(20(17)27-22(26-19)31-15(3)4)13-12-24-21(29)16-9-7-8-10-18(16)30-6-2/h7-10,14-15H,5-6,11-13H2,1-4H3,(H,24,29)(H,23,26,27). The molecule has 2 heterocycles. The van der Waals surface area contributed by atoms with Crippen LogP contribution >= 0.6 is 11.8 Å². The van der Waals surface area contributed by atoms with Gasteiger partial charge in [0.25, 0.3) is 5.91 Å². The number of para-hydroxylation sites is 1. The van der Waals surface area contributed by atoms with Crippen molar-refractivity contribution in [2.75, 3.05) is 25.0 Å². The Balaban J connectivity index is 1.75. The van der Waals surface area contributed by atoms with Gasteiger partial charge in [-0.25, -0.2) is 14.6 Å². The molecule has 3 aromatic rings. The third-order valence-electron chi connectivity index (χ3n) is 4.40. The molecule has 1 amide bonds. The number of amides is 1. The largest absolute Gasteiger partial charge is 0.493 e. The van der Waals surface area contributed by atoms with Gasteiger partial charge in [0, 0.05) is 18.3 Å². The molecule has 0 spiro atoms. The first-order valence-corrected chi connectivity index (χ1v) is 11.6. The van der Waals surface area contributed by atoms with Crippen LogP contribution in [0.25, 0.3) is 11.0 Å². The quantitative estimate of drug-likeness (QED) is 0.343. The number of nitrogens with zero attached hydrogens (tertiary/aromatic N) is 4. The molecule has 0 aliphatic rings. The topological polar surface area (TPSA) is 94.0 Å². The molecule has 0 atom stereocenters. The number of hydrogen-bond donors (Lipinski definition) is 2. The van der Waals surface area contributed by atoms with Gasteiger partial charge in [-0.1, -0.05) is 44.7 Å². The van der Waals surface area contributed by atoms with Gasteiger partial charge in [0.2, 0.25) is 0 Å². The second-order valence-electron chi connectivity index (χ2n) is 7.24. The molecule has 0 aliphatic carbocycles. The number of ether oxygens (including phenoxy) is 1. The summed E-state index contributed by atoms with van der Waals surface area (Å²) >= 11 is 1.62. The smallest absolute Gasteiger partial charge is 0.255 e. The molecule has 9 heteroatoms. The fourth-order valence-corrected chi connectivity index (χ4v) is 3.75. The van der Waals surface area contributed by atoms with Crippen LogP contribution in [0.2, 0.25) is 0 Å². The number of nitrogens with one attached hydrogen (secondary N) is 2. The maximum Gasteiger partial charge on any atom is 0.255 e. The zero-order chi connectivity index (χ0) is 22.2. The van der Waals surface area contributed by atoms with Gasteiger partial charge in [0.1, 0.15) is 11.6 Å². The van der Waals surface area contributed by atoms with Gasteiger partial charge in [-0.05, 0) is 25.5 Å². The number of benzene rings is 1. The second kappa shape index (κ2) is 11.0. The zero-order valence-electron chi connectivity index (χ0n) is 18.5. The molecule has 0 fully saturated rings. The Morgan fingerprint density at radius 2 is 2.00 bits per heavy atom. The highest BCUT2D eigenvalue weighted by atomic mass is 32.2. The summed E-state index contributed by atoms with van der Waals surface area (Å²) in [5.41, 5.74) is 1.29. The SMILES string of the molecule is CCCNc1nc(SC(C)C)nc2c1cnn2CCNC(=O)c1ccccc1OCC. The van der Waals surface area contributed by atoms with Crippen molar-refractivity contribution in [3.63, 3.8) is 0 Å². The minimum atomic E-state index is -0.170. The highest BCUT2D eigenvalue weighted by Gasteiger charge is 2.15. The van der Waals surface area contributed by atoms with Crippen molar-refractivity contribution in [3.05, 3.63) is 36.0 Å². The van der Waals surface area contributed by atoms with Gasteiger partial charge in [-0.15, -0.1) is 0 Å². The average Bonchev–Trinajstić information content (AvgIpc) is 3.15. The fraction of sp³-hybridized carbons (Fsp3) is 0.455. The summed E-state index contributed by atoms with van der Waals surface area (Å²) in [4.78, 5) is 22.0. The van der Waals surface area contributed by atoms with E-state index in [0.29, 0.717) is 36.3 Å². The Bertz CT molecular complexity index is 1020. The maximum atomic E-state index is 12.6. The van der Waals surface area contributed by atoms with E-state index in [0.717, 1.165) is 35.0 Å². The fourth-order valence-electron chi connectivity index (χ4n) is 3.05. The summed E-state index contributed by atoms with van der Waals surface area (Å²) in [5.74, 6) is 1.22. The molecule has 2 aromatic heterocycles. The van der Waals surface area contributed by atoms with Crippen molar-refractivity contribution in [1.29, 1.82) is 0 Å². The molecule has 0 aliphatic heterocycles. The Hall–Kier alpha value is -2.81. The number of carbonyl (C=O) groups excluding carboxylic acids is 1. The molecule has 3 rings (SSSR count).